The number of benzene rings is 1. The van der Waals surface area contributed by atoms with Crippen molar-refractivity contribution >= 4 is 11.9 Å². The number of allylic oxidation sites excluding steroid dienone is 1. The Balaban J connectivity index is 3.07. The van der Waals surface area contributed by atoms with Crippen molar-refractivity contribution in [2.45, 2.75) is 39.7 Å². The van der Waals surface area contributed by atoms with Crippen LogP contribution in [0.5, 0.6) is 5.75 Å². The van der Waals surface area contributed by atoms with Crippen molar-refractivity contribution in [3.05, 3.63) is 34.9 Å². The standard InChI is InChI=1S/C19H21F4NO3/c1-18(2,3)16(25)13(9-24)7-12-5-6-15(26-4)14(8-12)10-27-11-19(22,23)17(20)21/h5-8,17H,10-11H2,1-4H3. The molecule has 0 N–H and O–H groups in total. The van der Waals surface area contributed by atoms with Crippen LogP contribution in [0.1, 0.15) is 31.9 Å². The molecule has 148 valence electrons. The van der Waals surface area contributed by atoms with Crippen LogP contribution in [0.2, 0.25) is 0 Å². The Morgan fingerprint density at radius 2 is 1.93 bits per heavy atom. The van der Waals surface area contributed by atoms with Crippen molar-refractivity contribution in [3.63, 3.8) is 0 Å². The number of ketones is 1. The number of ether oxygens (including phenoxy) is 2. The number of hydrogen-bond donors (Lipinski definition) is 0. The predicted molar refractivity (Wildman–Crippen MR) is 91.7 cm³/mol. The van der Waals surface area contributed by atoms with Crippen LogP contribution in [-0.2, 0) is 16.1 Å². The SMILES string of the molecule is COc1ccc(C=C(C#N)C(=O)C(C)(C)C)cc1COCC(F)(F)C(F)F. The molecule has 0 spiro atoms. The zero-order chi connectivity index (χ0) is 20.8. The average Bonchev–Trinajstić information content (AvgIpc) is 2.58. The Hall–Kier alpha value is -2.40. The van der Waals surface area contributed by atoms with Gasteiger partial charge < -0.3 is 9.47 Å². The normalized spacial score (nSPS) is 12.8. The summed E-state index contributed by atoms with van der Waals surface area (Å²) in [6, 6.07) is 6.40. The molecule has 0 radical (unpaired) electrons. The van der Waals surface area contributed by atoms with Gasteiger partial charge in [0, 0.05) is 11.0 Å². The maximum Gasteiger partial charge on any atom is 0.330 e. The molecule has 0 fully saturated rings. The fraction of sp³-hybridized carbons (Fsp3) is 0.474. The zero-order valence-electron chi connectivity index (χ0n) is 15.5. The highest BCUT2D eigenvalue weighted by Gasteiger charge is 2.41. The molecule has 0 aromatic heterocycles. The molecule has 27 heavy (non-hydrogen) atoms. The van der Waals surface area contributed by atoms with E-state index in [-0.39, 0.29) is 11.4 Å². The predicted octanol–water partition coefficient (Wildman–Crippen LogP) is 4.63. The van der Waals surface area contributed by atoms with E-state index in [9.17, 15) is 27.6 Å². The van der Waals surface area contributed by atoms with Gasteiger partial charge in [0.25, 0.3) is 0 Å². The smallest absolute Gasteiger partial charge is 0.330 e. The zero-order valence-corrected chi connectivity index (χ0v) is 15.5. The molecular weight excluding hydrogens is 366 g/mol. The van der Waals surface area contributed by atoms with Crippen molar-refractivity contribution in [1.29, 1.82) is 5.26 Å². The third kappa shape index (κ3) is 6.36. The van der Waals surface area contributed by atoms with E-state index in [0.717, 1.165) is 0 Å². The first-order chi connectivity index (χ1) is 12.4. The molecule has 1 rings (SSSR count). The van der Waals surface area contributed by atoms with Gasteiger partial charge in [0.05, 0.1) is 19.3 Å². The van der Waals surface area contributed by atoms with E-state index in [1.165, 1.54) is 25.3 Å². The first kappa shape index (κ1) is 22.6. The van der Waals surface area contributed by atoms with Crippen molar-refractivity contribution < 1.29 is 31.8 Å². The first-order valence-corrected chi connectivity index (χ1v) is 7.99. The maximum absolute atomic E-state index is 12.9. The van der Waals surface area contributed by atoms with Crippen molar-refractivity contribution in [2.75, 3.05) is 13.7 Å². The number of nitrogens with zero attached hydrogens (tertiary/aromatic N) is 1. The Labute approximate surface area is 155 Å². The monoisotopic (exact) mass is 387 g/mol. The fourth-order valence-corrected chi connectivity index (χ4v) is 2.08. The van der Waals surface area contributed by atoms with Crippen LogP contribution >= 0.6 is 0 Å². The van der Waals surface area contributed by atoms with E-state index < -0.39 is 31.0 Å². The number of methoxy groups -OCH3 is 1. The summed E-state index contributed by atoms with van der Waals surface area (Å²) in [6.45, 7) is 3.19. The summed E-state index contributed by atoms with van der Waals surface area (Å²) < 4.78 is 60.0. The molecule has 0 amide bonds. The Bertz CT molecular complexity index is 746. The van der Waals surface area contributed by atoms with E-state index in [2.05, 4.69) is 0 Å². The van der Waals surface area contributed by atoms with Gasteiger partial charge in [-0.1, -0.05) is 26.8 Å². The summed E-state index contributed by atoms with van der Waals surface area (Å²) in [6.07, 6.45) is -2.46. The first-order valence-electron chi connectivity index (χ1n) is 7.99. The third-order valence-electron chi connectivity index (χ3n) is 3.53. The molecule has 0 atom stereocenters. The molecule has 0 aliphatic rings. The molecule has 0 unspecified atom stereocenters. The molecule has 0 saturated carbocycles. The summed E-state index contributed by atoms with van der Waals surface area (Å²) in [7, 11) is 1.35. The molecule has 8 heteroatoms. The van der Waals surface area contributed by atoms with Crippen molar-refractivity contribution in [3.8, 4) is 11.8 Å². The lowest BCUT2D eigenvalue weighted by Gasteiger charge is -2.17. The molecule has 0 aliphatic carbocycles. The lowest BCUT2D eigenvalue weighted by Crippen LogP contribution is -2.32. The number of halogens is 4. The molecule has 1 aromatic carbocycles. The summed E-state index contributed by atoms with van der Waals surface area (Å²) in [5, 5.41) is 9.23. The second-order valence-electron chi connectivity index (χ2n) is 6.87. The van der Waals surface area contributed by atoms with Crippen LogP contribution in [-0.4, -0.2) is 31.8 Å². The number of alkyl halides is 4. The van der Waals surface area contributed by atoms with Crippen LogP contribution in [0, 0.1) is 16.7 Å². The number of rotatable bonds is 8. The van der Waals surface area contributed by atoms with Crippen molar-refractivity contribution in [1.82, 2.24) is 0 Å². The van der Waals surface area contributed by atoms with Gasteiger partial charge in [-0.25, -0.2) is 8.78 Å². The lowest BCUT2D eigenvalue weighted by molar-refractivity contribution is -0.168. The number of Topliss-reactive ketones (excluding diaryl/α,β-unsaturated/α-hetero) is 1. The molecule has 1 aromatic rings. The van der Waals surface area contributed by atoms with E-state index in [4.69, 9.17) is 9.47 Å². The topological polar surface area (TPSA) is 59.3 Å². The van der Waals surface area contributed by atoms with Gasteiger partial charge in [0.15, 0.2) is 5.78 Å². The molecule has 0 saturated heterocycles. The van der Waals surface area contributed by atoms with Gasteiger partial charge in [-0.2, -0.15) is 14.0 Å². The van der Waals surface area contributed by atoms with Crippen molar-refractivity contribution in [2.24, 2.45) is 5.41 Å². The highest BCUT2D eigenvalue weighted by atomic mass is 19.3. The molecule has 0 aliphatic heterocycles. The summed E-state index contributed by atoms with van der Waals surface area (Å²) in [5.74, 6) is -4.30. The van der Waals surface area contributed by atoms with Crippen LogP contribution in [0.3, 0.4) is 0 Å². The van der Waals surface area contributed by atoms with Crippen LogP contribution in [0.25, 0.3) is 6.08 Å². The Morgan fingerprint density at radius 3 is 2.41 bits per heavy atom. The highest BCUT2D eigenvalue weighted by Crippen LogP contribution is 2.27. The largest absolute Gasteiger partial charge is 0.496 e. The van der Waals surface area contributed by atoms with Crippen LogP contribution in [0.4, 0.5) is 17.6 Å². The quantitative estimate of drug-likeness (QED) is 0.371. The van der Waals surface area contributed by atoms with Gasteiger partial charge in [0.2, 0.25) is 0 Å². The van der Waals surface area contributed by atoms with E-state index in [1.54, 1.807) is 26.8 Å². The Kier molecular flexibility index (Phi) is 7.55. The van der Waals surface area contributed by atoms with Crippen LogP contribution in [0.15, 0.2) is 23.8 Å². The minimum Gasteiger partial charge on any atom is -0.496 e. The minimum atomic E-state index is -4.25. The van der Waals surface area contributed by atoms with Gasteiger partial charge in [-0.3, -0.25) is 4.79 Å². The summed E-state index contributed by atoms with van der Waals surface area (Å²) in [5.41, 5.74) is -0.0503. The van der Waals surface area contributed by atoms with Gasteiger partial charge in [-0.15, -0.1) is 0 Å². The number of hydrogen-bond acceptors (Lipinski definition) is 4. The minimum absolute atomic E-state index is 0.0660. The Morgan fingerprint density at radius 1 is 1.30 bits per heavy atom. The number of nitriles is 1. The van der Waals surface area contributed by atoms with E-state index >= 15 is 0 Å². The van der Waals surface area contributed by atoms with E-state index in [0.29, 0.717) is 16.9 Å². The second-order valence-corrected chi connectivity index (χ2v) is 6.87. The maximum atomic E-state index is 12.9. The number of carbonyl (C=O) groups is 1. The third-order valence-corrected chi connectivity index (χ3v) is 3.53. The second kappa shape index (κ2) is 9.00. The van der Waals surface area contributed by atoms with Gasteiger partial charge in [-0.05, 0) is 23.8 Å². The molecule has 0 bridgehead atoms. The highest BCUT2D eigenvalue weighted by molar-refractivity contribution is 6.06. The molecule has 4 nitrogen and oxygen atoms in total. The number of carbonyl (C=O) groups excluding carboxylic acids is 1. The van der Waals surface area contributed by atoms with Gasteiger partial charge in [0.1, 0.15) is 18.4 Å². The average molecular weight is 387 g/mol. The van der Waals surface area contributed by atoms with Gasteiger partial charge >= 0.3 is 12.3 Å². The lowest BCUT2D eigenvalue weighted by atomic mass is 9.86. The summed E-state index contributed by atoms with van der Waals surface area (Å²) in [4.78, 5) is 12.3. The molecular formula is C19H21F4NO3. The van der Waals surface area contributed by atoms with Crippen LogP contribution < -0.4 is 4.74 Å². The summed E-state index contributed by atoms with van der Waals surface area (Å²) >= 11 is 0. The fourth-order valence-electron chi connectivity index (χ4n) is 2.08. The molecule has 0 heterocycles. The van der Waals surface area contributed by atoms with E-state index in [1.807, 2.05) is 6.07 Å².